The number of thiophene rings is 1. The second-order valence-corrected chi connectivity index (χ2v) is 5.66. The van der Waals surface area contributed by atoms with E-state index in [2.05, 4.69) is 35.2 Å². The molecular weight excluding hydrogens is 303 g/mol. The molecule has 1 aromatic carbocycles. The van der Waals surface area contributed by atoms with Gasteiger partial charge in [-0.25, -0.2) is 0 Å². The van der Waals surface area contributed by atoms with Gasteiger partial charge in [-0.15, -0.1) is 24.0 Å². The Morgan fingerprint density at radius 2 is 2.17 bits per heavy atom. The van der Waals surface area contributed by atoms with Crippen LogP contribution in [0, 0.1) is 2.88 Å². The number of benzene rings is 1. The first kappa shape index (κ1) is 8.65. The second-order valence-electron chi connectivity index (χ2n) is 2.38. The third-order valence-electron chi connectivity index (χ3n) is 1.63. The average Bonchev–Trinajstić information content (AvgIpc) is 2.32. The van der Waals surface area contributed by atoms with E-state index in [0.29, 0.717) is 5.75 Å². The molecular formula is C8H5IOS2. The molecule has 1 nitrogen and oxygen atoms in total. The zero-order chi connectivity index (χ0) is 8.72. The molecule has 0 aliphatic rings. The van der Waals surface area contributed by atoms with Crippen LogP contribution >= 0.6 is 46.6 Å². The van der Waals surface area contributed by atoms with Crippen LogP contribution in [-0.4, -0.2) is 5.11 Å². The molecule has 0 amide bonds. The Labute approximate surface area is 93.0 Å². The molecule has 1 aromatic heterocycles. The van der Waals surface area contributed by atoms with E-state index in [9.17, 15) is 5.11 Å². The molecule has 0 bridgehead atoms. The first-order valence-corrected chi connectivity index (χ1v) is 5.63. The standard InChI is InChI=1S/C8H5IOS2/c9-8-6(11)4-2-1-3-5(10)7(4)12-8/h1-3,10-11H. The summed E-state index contributed by atoms with van der Waals surface area (Å²) in [4.78, 5) is 0.964. The van der Waals surface area contributed by atoms with Gasteiger partial charge in [-0.05, 0) is 28.7 Å². The van der Waals surface area contributed by atoms with Crippen LogP contribution in [0.4, 0.5) is 0 Å². The van der Waals surface area contributed by atoms with E-state index in [1.807, 2.05) is 12.1 Å². The molecule has 0 fully saturated rings. The highest BCUT2D eigenvalue weighted by Crippen LogP contribution is 2.39. The lowest BCUT2D eigenvalue weighted by Crippen LogP contribution is -1.65. The first-order chi connectivity index (χ1) is 5.70. The maximum Gasteiger partial charge on any atom is 0.133 e. The van der Waals surface area contributed by atoms with Gasteiger partial charge in [0.2, 0.25) is 0 Å². The highest BCUT2D eigenvalue weighted by Gasteiger charge is 2.08. The third kappa shape index (κ3) is 1.22. The number of aromatic hydroxyl groups is 1. The van der Waals surface area contributed by atoms with Gasteiger partial charge in [0.15, 0.2) is 0 Å². The quantitative estimate of drug-likeness (QED) is 0.564. The van der Waals surface area contributed by atoms with Gasteiger partial charge in [0.05, 0.1) is 7.58 Å². The molecule has 0 atom stereocenters. The fourth-order valence-corrected chi connectivity index (χ4v) is 3.25. The predicted octanol–water partition coefficient (Wildman–Crippen LogP) is 3.50. The van der Waals surface area contributed by atoms with Crippen LogP contribution in [0.25, 0.3) is 10.1 Å². The van der Waals surface area contributed by atoms with Crippen LogP contribution in [0.1, 0.15) is 0 Å². The van der Waals surface area contributed by atoms with Crippen molar-refractivity contribution in [2.75, 3.05) is 0 Å². The molecule has 0 aliphatic heterocycles. The van der Waals surface area contributed by atoms with E-state index >= 15 is 0 Å². The van der Waals surface area contributed by atoms with Crippen molar-refractivity contribution in [3.05, 3.63) is 21.1 Å². The summed E-state index contributed by atoms with van der Waals surface area (Å²) in [5.74, 6) is 0.343. The zero-order valence-corrected chi connectivity index (χ0v) is 9.78. The predicted molar refractivity (Wildman–Crippen MR) is 63.5 cm³/mol. The average molecular weight is 308 g/mol. The fourth-order valence-electron chi connectivity index (χ4n) is 1.06. The molecule has 12 heavy (non-hydrogen) atoms. The number of halogens is 1. The van der Waals surface area contributed by atoms with Crippen molar-refractivity contribution in [3.63, 3.8) is 0 Å². The summed E-state index contributed by atoms with van der Waals surface area (Å²) in [6, 6.07) is 5.50. The number of hydrogen-bond acceptors (Lipinski definition) is 3. The van der Waals surface area contributed by atoms with Crippen molar-refractivity contribution in [1.82, 2.24) is 0 Å². The molecule has 0 aliphatic carbocycles. The Hall–Kier alpha value is 0.0600. The van der Waals surface area contributed by atoms with E-state index in [4.69, 9.17) is 0 Å². The Kier molecular flexibility index (Phi) is 2.22. The van der Waals surface area contributed by atoms with Gasteiger partial charge >= 0.3 is 0 Å². The van der Waals surface area contributed by atoms with E-state index in [-0.39, 0.29) is 0 Å². The van der Waals surface area contributed by atoms with Gasteiger partial charge in [-0.2, -0.15) is 0 Å². The molecule has 62 valence electrons. The monoisotopic (exact) mass is 308 g/mol. The Morgan fingerprint density at radius 3 is 2.83 bits per heavy atom. The number of hydrogen-bond donors (Lipinski definition) is 2. The smallest absolute Gasteiger partial charge is 0.133 e. The van der Waals surface area contributed by atoms with E-state index < -0.39 is 0 Å². The van der Waals surface area contributed by atoms with Crippen molar-refractivity contribution < 1.29 is 5.11 Å². The Bertz CT molecular complexity index is 436. The summed E-state index contributed by atoms with van der Waals surface area (Å²) in [6.45, 7) is 0. The van der Waals surface area contributed by atoms with Gasteiger partial charge in [0, 0.05) is 10.3 Å². The maximum absolute atomic E-state index is 9.48. The van der Waals surface area contributed by atoms with Crippen LogP contribution in [-0.2, 0) is 0 Å². The van der Waals surface area contributed by atoms with Crippen LogP contribution in [0.3, 0.4) is 0 Å². The van der Waals surface area contributed by atoms with Crippen molar-refractivity contribution in [3.8, 4) is 5.75 Å². The lowest BCUT2D eigenvalue weighted by atomic mass is 10.2. The van der Waals surface area contributed by atoms with Gasteiger partial charge < -0.3 is 5.11 Å². The minimum atomic E-state index is 0.343. The highest BCUT2D eigenvalue weighted by molar-refractivity contribution is 14.1. The number of thiol groups is 1. The van der Waals surface area contributed by atoms with Crippen molar-refractivity contribution in [2.45, 2.75) is 4.90 Å². The van der Waals surface area contributed by atoms with Crippen molar-refractivity contribution in [1.29, 1.82) is 0 Å². The number of phenols is 1. The van der Waals surface area contributed by atoms with Crippen molar-refractivity contribution >= 4 is 56.6 Å². The number of rotatable bonds is 0. The minimum absolute atomic E-state index is 0.343. The minimum Gasteiger partial charge on any atom is -0.506 e. The van der Waals surface area contributed by atoms with Gasteiger partial charge in [0.1, 0.15) is 5.75 Å². The summed E-state index contributed by atoms with van der Waals surface area (Å²) in [5.41, 5.74) is 0. The molecule has 0 spiro atoms. The summed E-state index contributed by atoms with van der Waals surface area (Å²) >= 11 is 8.14. The molecule has 2 aromatic rings. The van der Waals surface area contributed by atoms with Gasteiger partial charge in [-0.1, -0.05) is 12.1 Å². The van der Waals surface area contributed by atoms with E-state index in [0.717, 1.165) is 17.9 Å². The molecule has 1 N–H and O–H groups in total. The largest absolute Gasteiger partial charge is 0.506 e. The van der Waals surface area contributed by atoms with Gasteiger partial charge in [0.25, 0.3) is 0 Å². The number of fused-ring (bicyclic) bond motifs is 1. The molecule has 0 saturated carbocycles. The molecule has 0 radical (unpaired) electrons. The zero-order valence-electron chi connectivity index (χ0n) is 5.91. The summed E-state index contributed by atoms with van der Waals surface area (Å²) in [5, 5.41) is 10.5. The maximum atomic E-state index is 9.48. The number of phenolic OH excluding ortho intramolecular Hbond substituents is 1. The Balaban J connectivity index is 2.95. The third-order valence-corrected chi connectivity index (χ3v) is 4.89. The van der Waals surface area contributed by atoms with Crippen molar-refractivity contribution in [2.24, 2.45) is 0 Å². The Morgan fingerprint density at radius 1 is 1.42 bits per heavy atom. The molecule has 0 unspecified atom stereocenters. The highest BCUT2D eigenvalue weighted by atomic mass is 127. The van der Waals surface area contributed by atoms with Crippen LogP contribution in [0.15, 0.2) is 23.1 Å². The SMILES string of the molecule is Oc1cccc2c(S)c(I)sc12. The van der Waals surface area contributed by atoms with E-state index in [1.165, 1.54) is 0 Å². The molecule has 0 saturated heterocycles. The topological polar surface area (TPSA) is 20.2 Å². The summed E-state index contributed by atoms with van der Waals surface area (Å²) < 4.78 is 2.04. The van der Waals surface area contributed by atoms with Crippen LogP contribution < -0.4 is 0 Å². The van der Waals surface area contributed by atoms with Crippen LogP contribution in [0.2, 0.25) is 0 Å². The normalized spacial score (nSPS) is 10.8. The molecule has 2 rings (SSSR count). The lowest BCUT2D eigenvalue weighted by Gasteiger charge is -1.92. The molecule has 4 heteroatoms. The van der Waals surface area contributed by atoms with Crippen LogP contribution in [0.5, 0.6) is 5.75 Å². The molecule has 1 heterocycles. The first-order valence-electron chi connectivity index (χ1n) is 3.29. The summed E-state index contributed by atoms with van der Waals surface area (Å²) in [7, 11) is 0. The fraction of sp³-hybridized carbons (Fsp3) is 0. The van der Waals surface area contributed by atoms with E-state index in [1.54, 1.807) is 17.4 Å². The second kappa shape index (κ2) is 3.08. The summed E-state index contributed by atoms with van der Waals surface area (Å²) in [6.07, 6.45) is 0. The van der Waals surface area contributed by atoms with Gasteiger partial charge in [-0.3, -0.25) is 0 Å². The lowest BCUT2D eigenvalue weighted by molar-refractivity contribution is 0.482.